The molecule has 1 saturated heterocycles. The maximum Gasteiger partial charge on any atom is 0.352 e. The van der Waals surface area contributed by atoms with E-state index in [0.717, 1.165) is 16.5 Å². The van der Waals surface area contributed by atoms with Gasteiger partial charge in [-0.1, -0.05) is 28.3 Å². The third kappa shape index (κ3) is 5.25. The molecule has 0 saturated carbocycles. The molecule has 18 heteroatoms. The first-order valence-corrected chi connectivity index (χ1v) is 13.5. The molecule has 35 heavy (non-hydrogen) atoms. The first kappa shape index (κ1) is 25.3. The summed E-state index contributed by atoms with van der Waals surface area (Å²) < 4.78 is 4.63. The van der Waals surface area contributed by atoms with Gasteiger partial charge in [0, 0.05) is 29.5 Å². The van der Waals surface area contributed by atoms with Crippen LogP contribution in [0.25, 0.3) is 0 Å². The van der Waals surface area contributed by atoms with Crippen LogP contribution in [-0.4, -0.2) is 89.6 Å². The van der Waals surface area contributed by atoms with Gasteiger partial charge in [0.25, 0.3) is 11.8 Å². The summed E-state index contributed by atoms with van der Waals surface area (Å²) >= 11 is 4.99. The summed E-state index contributed by atoms with van der Waals surface area (Å²) in [5, 5.41) is 24.6. The van der Waals surface area contributed by atoms with Gasteiger partial charge < -0.3 is 26.7 Å². The van der Waals surface area contributed by atoms with Crippen LogP contribution in [0.15, 0.2) is 20.8 Å². The SMILES string of the molecule is CON=C(C(=O)NC1C(=O)N2C(C(=O)O)=C(CSc3nnc(CCN)s3)CS[C@@H]12)c1nsc(N)n1. The van der Waals surface area contributed by atoms with Crippen LogP contribution in [-0.2, 0) is 25.6 Å². The number of anilines is 1. The summed E-state index contributed by atoms with van der Waals surface area (Å²) in [5.74, 6) is -1.83. The number of thioether (sulfide) groups is 2. The largest absolute Gasteiger partial charge is 0.477 e. The lowest BCUT2D eigenvalue weighted by Crippen LogP contribution is -2.71. The number of aliphatic carboxylic acids is 1. The second-order valence-electron chi connectivity index (χ2n) is 6.99. The van der Waals surface area contributed by atoms with Crippen molar-refractivity contribution in [1.29, 1.82) is 0 Å². The molecule has 0 radical (unpaired) electrons. The highest BCUT2D eigenvalue weighted by molar-refractivity contribution is 8.01. The molecule has 0 aromatic carbocycles. The molecule has 1 fully saturated rings. The lowest BCUT2D eigenvalue weighted by Gasteiger charge is -2.49. The molecule has 0 spiro atoms. The van der Waals surface area contributed by atoms with Crippen molar-refractivity contribution in [2.75, 3.05) is 30.9 Å². The number of aromatic nitrogens is 4. The number of nitrogens with one attached hydrogen (secondary N) is 1. The number of nitrogens with two attached hydrogens (primary N) is 2. The van der Waals surface area contributed by atoms with E-state index < -0.39 is 29.2 Å². The number of β-lactam (4-membered cyclic amide) rings is 1. The molecule has 186 valence electrons. The Hall–Kier alpha value is -2.80. The van der Waals surface area contributed by atoms with Gasteiger partial charge in [-0.25, -0.2) is 4.79 Å². The van der Waals surface area contributed by atoms with Gasteiger partial charge in [-0.3, -0.25) is 14.5 Å². The zero-order valence-electron chi connectivity index (χ0n) is 18.0. The molecule has 2 aliphatic heterocycles. The van der Waals surface area contributed by atoms with Crippen LogP contribution in [0.4, 0.5) is 5.13 Å². The predicted octanol–water partition coefficient (Wildman–Crippen LogP) is -0.646. The number of nitrogens with zero attached hydrogens (tertiary/aromatic N) is 6. The number of hydrogen-bond acceptors (Lipinski definition) is 15. The Morgan fingerprint density at radius 2 is 2.20 bits per heavy atom. The summed E-state index contributed by atoms with van der Waals surface area (Å²) in [6.07, 6.45) is 0.622. The lowest BCUT2D eigenvalue weighted by atomic mass is 10.0. The Morgan fingerprint density at radius 3 is 2.86 bits per heavy atom. The number of carbonyl (C=O) groups is 3. The summed E-state index contributed by atoms with van der Waals surface area (Å²) in [6.45, 7) is 0.466. The van der Waals surface area contributed by atoms with E-state index >= 15 is 0 Å². The third-order valence-electron chi connectivity index (χ3n) is 4.76. The maximum atomic E-state index is 12.9. The first-order chi connectivity index (χ1) is 16.8. The molecular weight excluding hydrogens is 539 g/mol. The quantitative estimate of drug-likeness (QED) is 0.124. The summed E-state index contributed by atoms with van der Waals surface area (Å²) in [6, 6.07) is -0.948. The molecule has 2 aliphatic rings. The standard InChI is InChI=1S/C17H19N9O5S4/c1-31-24-8(11-21-16(19)35-25-11)12(27)20-9-13(28)26-10(15(29)30)6(4-32-14(9)26)5-33-17-23-22-7(34-17)2-3-18/h9,14H,2-5,18H2,1H3,(H,20,27)(H,29,30)(H2,19,21,25)/t9?,14-/m0/s1. The van der Waals surface area contributed by atoms with E-state index in [0.29, 0.717) is 34.4 Å². The molecule has 2 amide bonds. The van der Waals surface area contributed by atoms with Gasteiger partial charge in [0.15, 0.2) is 9.47 Å². The number of carboxylic acids is 1. The summed E-state index contributed by atoms with van der Waals surface area (Å²) in [7, 11) is 1.25. The zero-order valence-corrected chi connectivity index (χ0v) is 21.3. The van der Waals surface area contributed by atoms with Gasteiger partial charge in [0.2, 0.25) is 11.5 Å². The van der Waals surface area contributed by atoms with Crippen LogP contribution in [0.3, 0.4) is 0 Å². The zero-order chi connectivity index (χ0) is 25.1. The molecule has 6 N–H and O–H groups in total. The fourth-order valence-corrected chi connectivity index (χ4v) is 7.11. The first-order valence-electron chi connectivity index (χ1n) is 9.90. The minimum atomic E-state index is -1.21. The van der Waals surface area contributed by atoms with Gasteiger partial charge in [0.1, 0.15) is 29.2 Å². The second-order valence-corrected chi connectivity index (χ2v) is 11.2. The number of rotatable bonds is 10. The monoisotopic (exact) mass is 557 g/mol. The smallest absolute Gasteiger partial charge is 0.352 e. The van der Waals surface area contributed by atoms with E-state index in [9.17, 15) is 19.5 Å². The molecule has 14 nitrogen and oxygen atoms in total. The topological polar surface area (TPSA) is 212 Å². The molecular formula is C17H19N9O5S4. The van der Waals surface area contributed by atoms with Crippen LogP contribution >= 0.6 is 46.4 Å². The number of oxime groups is 1. The van der Waals surface area contributed by atoms with Crippen molar-refractivity contribution in [2.24, 2.45) is 10.9 Å². The number of carbonyl (C=O) groups excluding carboxylic acids is 2. The number of hydrogen-bond donors (Lipinski definition) is 4. The van der Waals surface area contributed by atoms with Crippen molar-refractivity contribution in [3.63, 3.8) is 0 Å². The third-order valence-corrected chi connectivity index (χ3v) is 8.85. The number of carboxylic acid groups (broad SMARTS) is 1. The van der Waals surface area contributed by atoms with Crippen molar-refractivity contribution in [2.45, 2.75) is 22.2 Å². The average molecular weight is 558 g/mol. The fourth-order valence-electron chi connectivity index (χ4n) is 3.28. The number of nitrogen functional groups attached to an aromatic ring is 1. The normalized spacial score (nSPS) is 19.9. The van der Waals surface area contributed by atoms with Crippen LogP contribution in [0.5, 0.6) is 0 Å². The minimum absolute atomic E-state index is 0.0384. The van der Waals surface area contributed by atoms with Gasteiger partial charge in [0.05, 0.1) is 0 Å². The average Bonchev–Trinajstić information content (AvgIpc) is 3.47. The van der Waals surface area contributed by atoms with Crippen molar-refractivity contribution in [3.8, 4) is 0 Å². The molecule has 2 aromatic heterocycles. The van der Waals surface area contributed by atoms with Gasteiger partial charge in [-0.2, -0.15) is 9.36 Å². The Labute approximate surface area is 214 Å². The maximum absolute atomic E-state index is 12.9. The Bertz CT molecular complexity index is 1210. The molecule has 4 heterocycles. The van der Waals surface area contributed by atoms with Gasteiger partial charge >= 0.3 is 5.97 Å². The van der Waals surface area contributed by atoms with Crippen molar-refractivity contribution < 1.29 is 24.3 Å². The van der Waals surface area contributed by atoms with Crippen LogP contribution in [0.2, 0.25) is 0 Å². The van der Waals surface area contributed by atoms with E-state index in [4.69, 9.17) is 16.3 Å². The fraction of sp³-hybridized carbons (Fsp3) is 0.412. The van der Waals surface area contributed by atoms with E-state index in [1.165, 1.54) is 46.9 Å². The predicted molar refractivity (Wildman–Crippen MR) is 131 cm³/mol. The van der Waals surface area contributed by atoms with Crippen LogP contribution in [0, 0.1) is 0 Å². The lowest BCUT2D eigenvalue weighted by molar-refractivity contribution is -0.150. The molecule has 2 atom stereocenters. The van der Waals surface area contributed by atoms with Crippen molar-refractivity contribution in [3.05, 3.63) is 22.1 Å². The molecule has 1 unspecified atom stereocenters. The molecule has 0 bridgehead atoms. The highest BCUT2D eigenvalue weighted by atomic mass is 32.2. The van der Waals surface area contributed by atoms with Crippen LogP contribution < -0.4 is 16.8 Å². The number of fused-ring (bicyclic) bond motifs is 1. The van der Waals surface area contributed by atoms with E-state index in [-0.39, 0.29) is 22.4 Å². The Balaban J connectivity index is 1.46. The Morgan fingerprint density at radius 1 is 1.40 bits per heavy atom. The number of amides is 2. The van der Waals surface area contributed by atoms with Gasteiger partial charge in [-0.15, -0.1) is 22.0 Å². The van der Waals surface area contributed by atoms with Crippen molar-refractivity contribution in [1.82, 2.24) is 29.8 Å². The highest BCUT2D eigenvalue weighted by Gasteiger charge is 2.54. The van der Waals surface area contributed by atoms with Crippen LogP contribution in [0.1, 0.15) is 10.8 Å². The molecule has 4 rings (SSSR count). The minimum Gasteiger partial charge on any atom is -0.477 e. The van der Waals surface area contributed by atoms with E-state index in [1.54, 1.807) is 0 Å². The van der Waals surface area contributed by atoms with E-state index in [1.807, 2.05) is 0 Å². The highest BCUT2D eigenvalue weighted by Crippen LogP contribution is 2.41. The van der Waals surface area contributed by atoms with E-state index in [2.05, 4.69) is 30.0 Å². The Kier molecular flexibility index (Phi) is 7.85. The van der Waals surface area contributed by atoms with Crippen molar-refractivity contribution >= 4 is 75.0 Å². The van der Waals surface area contributed by atoms with Gasteiger partial charge in [-0.05, 0) is 12.1 Å². The molecule has 0 aliphatic carbocycles. The molecule has 2 aromatic rings. The summed E-state index contributed by atoms with van der Waals surface area (Å²) in [4.78, 5) is 47.6. The second kappa shape index (κ2) is 10.9. The summed E-state index contributed by atoms with van der Waals surface area (Å²) in [5.41, 5.74) is 11.4.